The number of benzene rings is 3. The second-order valence-corrected chi connectivity index (χ2v) is 6.60. The summed E-state index contributed by atoms with van der Waals surface area (Å²) in [6.07, 6.45) is 0. The molecule has 1 amide bonds. The first-order valence-corrected chi connectivity index (χ1v) is 9.44. The second-order valence-electron chi connectivity index (χ2n) is 6.60. The van der Waals surface area contributed by atoms with Crippen molar-refractivity contribution in [2.24, 2.45) is 0 Å². The van der Waals surface area contributed by atoms with Crippen molar-refractivity contribution < 1.29 is 29.0 Å². The molecule has 2 N–H and O–H groups in total. The van der Waals surface area contributed by atoms with Gasteiger partial charge >= 0.3 is 11.9 Å². The molecule has 0 aliphatic heterocycles. The van der Waals surface area contributed by atoms with E-state index in [0.29, 0.717) is 11.1 Å². The Morgan fingerprint density at radius 3 is 1.90 bits per heavy atom. The third-order valence-corrected chi connectivity index (χ3v) is 4.62. The van der Waals surface area contributed by atoms with Gasteiger partial charge in [-0.3, -0.25) is 4.79 Å². The quantitative estimate of drug-likeness (QED) is 0.571. The molecule has 0 saturated carbocycles. The molecule has 31 heavy (non-hydrogen) atoms. The van der Waals surface area contributed by atoms with Gasteiger partial charge in [0.05, 0.1) is 18.4 Å². The molecule has 0 aliphatic carbocycles. The van der Waals surface area contributed by atoms with Crippen LogP contribution in [-0.4, -0.2) is 36.7 Å². The number of methoxy groups -OCH3 is 1. The summed E-state index contributed by atoms with van der Waals surface area (Å²) in [6.45, 7) is -0.656. The van der Waals surface area contributed by atoms with E-state index in [2.05, 4.69) is 5.32 Å². The van der Waals surface area contributed by atoms with E-state index in [1.54, 1.807) is 72.8 Å². The molecule has 3 aromatic carbocycles. The maximum atomic E-state index is 12.9. The monoisotopic (exact) mass is 419 g/mol. The van der Waals surface area contributed by atoms with E-state index in [4.69, 9.17) is 9.47 Å². The van der Waals surface area contributed by atoms with E-state index in [-0.39, 0.29) is 11.3 Å². The van der Waals surface area contributed by atoms with E-state index < -0.39 is 30.1 Å². The van der Waals surface area contributed by atoms with E-state index in [0.717, 1.165) is 0 Å². The van der Waals surface area contributed by atoms with Crippen molar-refractivity contribution in [2.75, 3.05) is 19.0 Å². The van der Waals surface area contributed by atoms with Crippen LogP contribution in [0.25, 0.3) is 0 Å². The Hall–Kier alpha value is -3.97. The number of aliphatic hydroxyl groups is 1. The van der Waals surface area contributed by atoms with E-state index in [1.807, 2.05) is 0 Å². The average molecular weight is 419 g/mol. The van der Waals surface area contributed by atoms with Gasteiger partial charge in [0.1, 0.15) is 0 Å². The van der Waals surface area contributed by atoms with Crippen LogP contribution in [0, 0.1) is 0 Å². The third-order valence-electron chi connectivity index (χ3n) is 4.62. The lowest BCUT2D eigenvalue weighted by molar-refractivity contribution is -0.163. The van der Waals surface area contributed by atoms with Gasteiger partial charge in [-0.25, -0.2) is 9.59 Å². The zero-order valence-corrected chi connectivity index (χ0v) is 16.8. The largest absolute Gasteiger partial charge is 0.465 e. The van der Waals surface area contributed by atoms with E-state index >= 15 is 0 Å². The van der Waals surface area contributed by atoms with Crippen LogP contribution < -0.4 is 5.32 Å². The van der Waals surface area contributed by atoms with Crippen molar-refractivity contribution in [1.29, 1.82) is 0 Å². The minimum atomic E-state index is -2.09. The molecule has 3 rings (SSSR count). The number of carbonyl (C=O) groups is 3. The number of anilines is 1. The van der Waals surface area contributed by atoms with Gasteiger partial charge in [0.15, 0.2) is 6.61 Å². The van der Waals surface area contributed by atoms with Crippen LogP contribution in [0.2, 0.25) is 0 Å². The molecule has 0 saturated heterocycles. The SMILES string of the molecule is COC(=O)c1ccccc1NC(=O)COC(=O)C(O)(c1ccccc1)c1ccccc1. The Balaban J connectivity index is 1.77. The van der Waals surface area contributed by atoms with Crippen LogP contribution in [-0.2, 0) is 24.7 Å². The molecule has 3 aromatic rings. The van der Waals surface area contributed by atoms with Crippen molar-refractivity contribution in [1.82, 2.24) is 0 Å². The summed E-state index contributed by atoms with van der Waals surface area (Å²) in [7, 11) is 1.23. The number of nitrogens with one attached hydrogen (secondary N) is 1. The summed E-state index contributed by atoms with van der Waals surface area (Å²) in [5, 5.41) is 13.8. The number of hydrogen-bond donors (Lipinski definition) is 2. The molecule has 0 unspecified atom stereocenters. The summed E-state index contributed by atoms with van der Waals surface area (Å²) >= 11 is 0. The van der Waals surface area contributed by atoms with Crippen LogP contribution >= 0.6 is 0 Å². The number of rotatable bonds is 7. The Kier molecular flexibility index (Phi) is 6.79. The third kappa shape index (κ3) is 4.79. The number of ether oxygens (including phenoxy) is 2. The van der Waals surface area contributed by atoms with Crippen LogP contribution in [0.1, 0.15) is 21.5 Å². The maximum absolute atomic E-state index is 12.9. The standard InChI is InChI=1S/C24H21NO6/c1-30-22(27)19-14-8-9-15-20(19)25-21(26)16-31-23(28)24(29,17-10-4-2-5-11-17)18-12-6-3-7-13-18/h2-15,29H,16H2,1H3,(H,25,26). The van der Waals surface area contributed by atoms with Crippen LogP contribution in [0.4, 0.5) is 5.69 Å². The minimum Gasteiger partial charge on any atom is -0.465 e. The molecule has 7 heteroatoms. The second kappa shape index (κ2) is 9.69. The van der Waals surface area contributed by atoms with Crippen molar-refractivity contribution in [3.8, 4) is 0 Å². The highest BCUT2D eigenvalue weighted by molar-refractivity contribution is 6.02. The van der Waals surface area contributed by atoms with Gasteiger partial charge in [0, 0.05) is 0 Å². The molecular weight excluding hydrogens is 398 g/mol. The van der Waals surface area contributed by atoms with Gasteiger partial charge in [-0.05, 0) is 23.3 Å². The van der Waals surface area contributed by atoms with Gasteiger partial charge in [-0.1, -0.05) is 72.8 Å². The molecule has 0 aromatic heterocycles. The summed E-state index contributed by atoms with van der Waals surface area (Å²) < 4.78 is 9.85. The molecule has 0 radical (unpaired) electrons. The van der Waals surface area contributed by atoms with Gasteiger partial charge in [-0.2, -0.15) is 0 Å². The average Bonchev–Trinajstić information content (AvgIpc) is 2.83. The van der Waals surface area contributed by atoms with Crippen molar-refractivity contribution in [3.63, 3.8) is 0 Å². The molecule has 7 nitrogen and oxygen atoms in total. The van der Waals surface area contributed by atoms with Gasteiger partial charge in [0.25, 0.3) is 5.91 Å². The Labute approximate surface area is 179 Å². The van der Waals surface area contributed by atoms with Crippen LogP contribution in [0.5, 0.6) is 0 Å². The predicted molar refractivity (Wildman–Crippen MR) is 113 cm³/mol. The molecular formula is C24H21NO6. The van der Waals surface area contributed by atoms with Gasteiger partial charge in [-0.15, -0.1) is 0 Å². The summed E-state index contributed by atoms with van der Waals surface area (Å²) in [4.78, 5) is 37.1. The lowest BCUT2D eigenvalue weighted by Gasteiger charge is -2.27. The number of hydrogen-bond acceptors (Lipinski definition) is 6. The van der Waals surface area contributed by atoms with Crippen molar-refractivity contribution >= 4 is 23.5 Å². The fraction of sp³-hybridized carbons (Fsp3) is 0.125. The number of para-hydroxylation sites is 1. The fourth-order valence-electron chi connectivity index (χ4n) is 3.06. The minimum absolute atomic E-state index is 0.162. The molecule has 158 valence electrons. The summed E-state index contributed by atoms with van der Waals surface area (Å²) in [5.41, 5.74) is -1.09. The van der Waals surface area contributed by atoms with E-state index in [1.165, 1.54) is 19.2 Å². The number of carbonyl (C=O) groups excluding carboxylic acids is 3. The highest BCUT2D eigenvalue weighted by Gasteiger charge is 2.41. The Morgan fingerprint density at radius 2 is 1.35 bits per heavy atom. The Bertz CT molecular complexity index is 1030. The van der Waals surface area contributed by atoms with Crippen molar-refractivity contribution in [3.05, 3.63) is 102 Å². The zero-order valence-electron chi connectivity index (χ0n) is 16.8. The first-order valence-electron chi connectivity index (χ1n) is 9.44. The Morgan fingerprint density at radius 1 is 0.839 bits per heavy atom. The van der Waals surface area contributed by atoms with Gasteiger partial charge in [0.2, 0.25) is 5.60 Å². The van der Waals surface area contributed by atoms with Crippen LogP contribution in [0.3, 0.4) is 0 Å². The van der Waals surface area contributed by atoms with E-state index in [9.17, 15) is 19.5 Å². The summed E-state index contributed by atoms with van der Waals surface area (Å²) in [6, 6.07) is 22.9. The molecule has 0 bridgehead atoms. The van der Waals surface area contributed by atoms with Crippen LogP contribution in [0.15, 0.2) is 84.9 Å². The number of esters is 2. The lowest BCUT2D eigenvalue weighted by Crippen LogP contribution is -2.39. The number of amides is 1. The highest BCUT2D eigenvalue weighted by atomic mass is 16.6. The predicted octanol–water partition coefficient (Wildman–Crippen LogP) is 2.89. The smallest absolute Gasteiger partial charge is 0.348 e. The fourth-order valence-corrected chi connectivity index (χ4v) is 3.06. The molecule has 0 heterocycles. The molecule has 0 spiro atoms. The normalized spacial score (nSPS) is 10.8. The first kappa shape index (κ1) is 21.7. The molecule has 0 aliphatic rings. The molecule has 0 fully saturated rings. The topological polar surface area (TPSA) is 102 Å². The van der Waals surface area contributed by atoms with Gasteiger partial charge < -0.3 is 19.9 Å². The summed E-state index contributed by atoms with van der Waals surface area (Å²) in [5.74, 6) is -2.29. The highest BCUT2D eigenvalue weighted by Crippen LogP contribution is 2.31. The molecule has 0 atom stereocenters. The maximum Gasteiger partial charge on any atom is 0.348 e. The van der Waals surface area contributed by atoms with Crippen molar-refractivity contribution in [2.45, 2.75) is 5.60 Å². The lowest BCUT2D eigenvalue weighted by atomic mass is 9.86. The first-order chi connectivity index (χ1) is 15.0. The zero-order chi connectivity index (χ0) is 22.3.